The summed E-state index contributed by atoms with van der Waals surface area (Å²) in [5, 5.41) is 3.29. The minimum absolute atomic E-state index is 0.125. The number of hydrogen-bond donors (Lipinski definition) is 1. The van der Waals surface area contributed by atoms with Gasteiger partial charge >= 0.3 is 0 Å². The van der Waals surface area contributed by atoms with Crippen molar-refractivity contribution in [3.05, 3.63) is 53.9 Å². The summed E-state index contributed by atoms with van der Waals surface area (Å²) >= 11 is 0. The van der Waals surface area contributed by atoms with E-state index in [0.29, 0.717) is 6.42 Å². The van der Waals surface area contributed by atoms with Crippen LogP contribution in [-0.4, -0.2) is 34.5 Å². The highest BCUT2D eigenvalue weighted by Crippen LogP contribution is 2.43. The van der Waals surface area contributed by atoms with Gasteiger partial charge in [-0.1, -0.05) is 30.3 Å². The molecule has 0 bridgehead atoms. The summed E-state index contributed by atoms with van der Waals surface area (Å²) in [6.45, 7) is 3.73. The van der Waals surface area contributed by atoms with Crippen molar-refractivity contribution in [2.75, 3.05) is 18.0 Å². The summed E-state index contributed by atoms with van der Waals surface area (Å²) in [5.74, 6) is 1.22. The number of aromatic nitrogens is 2. The Hall–Kier alpha value is -2.43. The molecule has 1 aromatic carbocycles. The second-order valence-electron chi connectivity index (χ2n) is 6.92. The number of carbonyl (C=O) groups is 1. The Balaban J connectivity index is 1.54. The van der Waals surface area contributed by atoms with Crippen LogP contribution in [-0.2, 0) is 4.79 Å². The number of carbonyl (C=O) groups excluding carboxylic acids is 1. The summed E-state index contributed by atoms with van der Waals surface area (Å²) in [7, 11) is 0. The summed E-state index contributed by atoms with van der Waals surface area (Å²) < 4.78 is 0. The molecule has 0 saturated carbocycles. The van der Waals surface area contributed by atoms with E-state index in [9.17, 15) is 4.79 Å². The minimum atomic E-state index is -0.125. The number of piperidine rings is 1. The lowest BCUT2D eigenvalue weighted by Crippen LogP contribution is -2.53. The molecule has 5 heteroatoms. The fraction of sp³-hybridized carbons (Fsp3) is 0.421. The van der Waals surface area contributed by atoms with Gasteiger partial charge in [-0.15, -0.1) is 0 Å². The maximum absolute atomic E-state index is 12.1. The fourth-order valence-corrected chi connectivity index (χ4v) is 4.05. The van der Waals surface area contributed by atoms with Crippen LogP contribution in [0, 0.1) is 6.92 Å². The van der Waals surface area contributed by atoms with Gasteiger partial charge in [0.1, 0.15) is 0 Å². The molecule has 2 fully saturated rings. The fourth-order valence-electron chi connectivity index (χ4n) is 4.05. The van der Waals surface area contributed by atoms with E-state index in [-0.39, 0.29) is 17.4 Å². The predicted octanol–water partition coefficient (Wildman–Crippen LogP) is 2.43. The predicted molar refractivity (Wildman–Crippen MR) is 92.9 cm³/mol. The largest absolute Gasteiger partial charge is 0.350 e. The zero-order valence-corrected chi connectivity index (χ0v) is 13.9. The molecule has 0 radical (unpaired) electrons. The Bertz CT molecular complexity index is 721. The Morgan fingerprint density at radius 2 is 1.79 bits per heavy atom. The zero-order chi connectivity index (χ0) is 16.6. The molecule has 1 N–H and O–H groups in total. The zero-order valence-electron chi connectivity index (χ0n) is 13.9. The molecular formula is C19H22N4O. The average Bonchev–Trinajstić information content (AvgIpc) is 2.93. The quantitative estimate of drug-likeness (QED) is 0.922. The number of aryl methyl sites for hydroxylation is 1. The second-order valence-corrected chi connectivity index (χ2v) is 6.92. The number of amides is 1. The smallest absolute Gasteiger partial charge is 0.225 e. The van der Waals surface area contributed by atoms with Crippen LogP contribution in [0.15, 0.2) is 42.7 Å². The third-order valence-corrected chi connectivity index (χ3v) is 5.35. The van der Waals surface area contributed by atoms with Gasteiger partial charge in [0, 0.05) is 37.8 Å². The highest BCUT2D eigenvalue weighted by Gasteiger charge is 2.48. The molecule has 1 aromatic heterocycles. The highest BCUT2D eigenvalue weighted by atomic mass is 16.2. The number of benzene rings is 1. The van der Waals surface area contributed by atoms with Crippen LogP contribution in [0.5, 0.6) is 0 Å². The van der Waals surface area contributed by atoms with Crippen LogP contribution < -0.4 is 10.2 Å². The lowest BCUT2D eigenvalue weighted by atomic mass is 9.74. The summed E-state index contributed by atoms with van der Waals surface area (Å²) in [5.41, 5.74) is 2.20. The first-order valence-corrected chi connectivity index (χ1v) is 8.56. The SMILES string of the molecule is Cc1cnc(N2CCC3(CC2)NC(=O)CC3c2ccccc2)nc1. The molecule has 4 rings (SSSR count). The molecule has 1 atom stereocenters. The van der Waals surface area contributed by atoms with Gasteiger partial charge in [-0.2, -0.15) is 0 Å². The number of nitrogens with one attached hydrogen (secondary N) is 1. The highest BCUT2D eigenvalue weighted by molar-refractivity contribution is 5.81. The Morgan fingerprint density at radius 3 is 2.46 bits per heavy atom. The monoisotopic (exact) mass is 322 g/mol. The Morgan fingerprint density at radius 1 is 1.12 bits per heavy atom. The lowest BCUT2D eigenvalue weighted by Gasteiger charge is -2.43. The van der Waals surface area contributed by atoms with Gasteiger partial charge in [0.2, 0.25) is 11.9 Å². The third kappa shape index (κ3) is 2.64. The van der Waals surface area contributed by atoms with E-state index in [1.807, 2.05) is 25.4 Å². The van der Waals surface area contributed by atoms with Crippen LogP contribution in [0.2, 0.25) is 0 Å². The van der Waals surface area contributed by atoms with Crippen LogP contribution in [0.4, 0.5) is 5.95 Å². The van der Waals surface area contributed by atoms with Crippen molar-refractivity contribution in [1.82, 2.24) is 15.3 Å². The molecule has 1 unspecified atom stereocenters. The van der Waals surface area contributed by atoms with Gasteiger partial charge < -0.3 is 10.2 Å². The molecule has 24 heavy (non-hydrogen) atoms. The van der Waals surface area contributed by atoms with Crippen molar-refractivity contribution in [2.45, 2.75) is 37.6 Å². The van der Waals surface area contributed by atoms with Crippen LogP contribution in [0.25, 0.3) is 0 Å². The van der Waals surface area contributed by atoms with Crippen LogP contribution in [0.3, 0.4) is 0 Å². The molecule has 5 nitrogen and oxygen atoms in total. The molecule has 124 valence electrons. The molecule has 3 heterocycles. The molecule has 0 aliphatic carbocycles. The van der Waals surface area contributed by atoms with Gasteiger partial charge in [-0.25, -0.2) is 9.97 Å². The third-order valence-electron chi connectivity index (χ3n) is 5.35. The van der Waals surface area contributed by atoms with Crippen molar-refractivity contribution < 1.29 is 4.79 Å². The van der Waals surface area contributed by atoms with E-state index in [4.69, 9.17) is 0 Å². The van der Waals surface area contributed by atoms with E-state index in [1.54, 1.807) is 0 Å². The van der Waals surface area contributed by atoms with Gasteiger partial charge in [-0.05, 0) is 30.9 Å². The molecule has 2 aliphatic heterocycles. The van der Waals surface area contributed by atoms with Gasteiger partial charge in [0.05, 0.1) is 5.54 Å². The number of nitrogens with zero attached hydrogens (tertiary/aromatic N) is 3. The molecule has 2 saturated heterocycles. The van der Waals surface area contributed by atoms with Crippen LogP contribution in [0.1, 0.15) is 36.3 Å². The van der Waals surface area contributed by atoms with Crippen molar-refractivity contribution in [2.24, 2.45) is 0 Å². The average molecular weight is 322 g/mol. The van der Waals surface area contributed by atoms with Gasteiger partial charge in [0.15, 0.2) is 0 Å². The van der Waals surface area contributed by atoms with Crippen molar-refractivity contribution in [3.8, 4) is 0 Å². The second kappa shape index (κ2) is 5.89. The van der Waals surface area contributed by atoms with E-state index < -0.39 is 0 Å². The maximum atomic E-state index is 12.1. The normalized spacial score (nSPS) is 22.6. The lowest BCUT2D eigenvalue weighted by molar-refractivity contribution is -0.119. The van der Waals surface area contributed by atoms with Crippen molar-refractivity contribution in [3.63, 3.8) is 0 Å². The first-order chi connectivity index (χ1) is 11.7. The number of rotatable bonds is 2. The van der Waals surface area contributed by atoms with Crippen LogP contribution >= 0.6 is 0 Å². The number of anilines is 1. The van der Waals surface area contributed by atoms with Gasteiger partial charge in [0.25, 0.3) is 0 Å². The number of hydrogen-bond acceptors (Lipinski definition) is 4. The summed E-state index contributed by atoms with van der Waals surface area (Å²) in [6, 6.07) is 10.4. The standard InChI is InChI=1S/C19H22N4O/c1-14-12-20-18(21-13-14)23-9-7-19(8-10-23)16(11-17(24)22-19)15-5-3-2-4-6-15/h2-6,12-13,16H,7-11H2,1H3,(H,22,24). The molecular weight excluding hydrogens is 300 g/mol. The molecule has 1 spiro atoms. The van der Waals surface area contributed by atoms with E-state index in [0.717, 1.165) is 37.4 Å². The summed E-state index contributed by atoms with van der Waals surface area (Å²) in [6.07, 6.45) is 6.16. The maximum Gasteiger partial charge on any atom is 0.225 e. The molecule has 1 amide bonds. The molecule has 2 aromatic rings. The first-order valence-electron chi connectivity index (χ1n) is 8.56. The topological polar surface area (TPSA) is 58.1 Å². The summed E-state index contributed by atoms with van der Waals surface area (Å²) in [4.78, 5) is 23.2. The van der Waals surface area contributed by atoms with Gasteiger partial charge in [-0.3, -0.25) is 4.79 Å². The van der Waals surface area contributed by atoms with E-state index in [1.165, 1.54) is 5.56 Å². The Kier molecular flexibility index (Phi) is 3.71. The Labute approximate surface area is 142 Å². The molecule has 2 aliphatic rings. The van der Waals surface area contributed by atoms with E-state index in [2.05, 4.69) is 44.5 Å². The minimum Gasteiger partial charge on any atom is -0.350 e. The van der Waals surface area contributed by atoms with E-state index >= 15 is 0 Å². The van der Waals surface area contributed by atoms with Crippen molar-refractivity contribution >= 4 is 11.9 Å². The van der Waals surface area contributed by atoms with Crippen molar-refractivity contribution in [1.29, 1.82) is 0 Å². The first kappa shape index (κ1) is 15.1.